The van der Waals surface area contributed by atoms with Gasteiger partial charge in [-0.05, 0) is 6.42 Å². The Hall–Kier alpha value is -0.380. The van der Waals surface area contributed by atoms with Gasteiger partial charge in [0.1, 0.15) is 0 Å². The fourth-order valence-electron chi connectivity index (χ4n) is 0.671. The molecule has 2 N–H and O–H groups in total. The summed E-state index contributed by atoms with van der Waals surface area (Å²) in [7, 11) is -2.29. The highest BCUT2D eigenvalue weighted by Gasteiger charge is 2.12. The molecule has 72 valence electrons. The second-order valence-electron chi connectivity index (χ2n) is 2.68. The van der Waals surface area contributed by atoms with Crippen molar-refractivity contribution < 1.29 is 19.1 Å². The molecule has 0 aromatic carbocycles. The van der Waals surface area contributed by atoms with Crippen molar-refractivity contribution in [1.82, 2.24) is 4.90 Å². The molecule has 5 nitrogen and oxygen atoms in total. The van der Waals surface area contributed by atoms with Crippen molar-refractivity contribution in [2.75, 3.05) is 19.8 Å². The van der Waals surface area contributed by atoms with Gasteiger partial charge in [0.2, 0.25) is 5.91 Å². The van der Waals surface area contributed by atoms with Gasteiger partial charge in [0.25, 0.3) is 0 Å². The number of hydrogen-bond donors (Lipinski definition) is 2. The van der Waals surface area contributed by atoms with E-state index >= 15 is 0 Å². The smallest absolute Gasteiger partial charge is 0.325 e. The molecule has 0 spiro atoms. The molecule has 0 bridgehead atoms. The maximum absolute atomic E-state index is 10.6. The molecule has 1 amide bonds. The van der Waals surface area contributed by atoms with Crippen LogP contribution in [0, 0.1) is 0 Å². The van der Waals surface area contributed by atoms with Crippen LogP contribution in [0.15, 0.2) is 0 Å². The molecule has 0 aromatic rings. The van der Waals surface area contributed by atoms with Crippen molar-refractivity contribution in [3.05, 3.63) is 0 Å². The third-order valence-electron chi connectivity index (χ3n) is 1.48. The number of carbonyl (C=O) groups is 1. The molecule has 0 saturated carbocycles. The van der Waals surface area contributed by atoms with E-state index in [-0.39, 0.29) is 12.1 Å². The molecule has 0 aliphatic rings. The van der Waals surface area contributed by atoms with Crippen LogP contribution in [0.4, 0.5) is 0 Å². The topological polar surface area (TPSA) is 77.8 Å². The van der Waals surface area contributed by atoms with Gasteiger partial charge in [-0.15, -0.1) is 0 Å². The van der Waals surface area contributed by atoms with Crippen LogP contribution in [0.1, 0.15) is 13.3 Å². The van der Waals surface area contributed by atoms with E-state index in [2.05, 4.69) is 0 Å². The molecule has 0 aliphatic heterocycles. The molecular weight excluding hydrogens is 181 g/mol. The van der Waals surface area contributed by atoms with Crippen molar-refractivity contribution in [2.45, 2.75) is 13.3 Å². The Morgan fingerprint density at radius 1 is 1.50 bits per heavy atom. The zero-order valence-corrected chi connectivity index (χ0v) is 8.12. The van der Waals surface area contributed by atoms with E-state index in [1.807, 2.05) is 0 Å². The molecule has 0 fully saturated rings. The first-order valence-corrected chi connectivity index (χ1v) is 5.39. The number of amides is 1. The summed E-state index contributed by atoms with van der Waals surface area (Å²) in [6.07, 6.45) is 0.172. The quantitative estimate of drug-likeness (QED) is 0.620. The van der Waals surface area contributed by atoms with Crippen molar-refractivity contribution >= 4 is 13.5 Å². The number of hydrogen-bond acceptors (Lipinski definition) is 2. The zero-order chi connectivity index (χ0) is 9.78. The molecule has 0 heterocycles. The van der Waals surface area contributed by atoms with E-state index < -0.39 is 7.60 Å². The summed E-state index contributed by atoms with van der Waals surface area (Å²) in [5.74, 6) is -0.0966. The van der Waals surface area contributed by atoms with Gasteiger partial charge in [0.05, 0.1) is 6.16 Å². The summed E-state index contributed by atoms with van der Waals surface area (Å²) in [6.45, 7) is 1.80. The van der Waals surface area contributed by atoms with Crippen LogP contribution in [-0.2, 0) is 9.36 Å². The van der Waals surface area contributed by atoms with Gasteiger partial charge in [-0.1, -0.05) is 0 Å². The summed E-state index contributed by atoms with van der Waals surface area (Å²) in [4.78, 5) is 29.0. The van der Waals surface area contributed by atoms with Gasteiger partial charge < -0.3 is 14.7 Å². The minimum Gasteiger partial charge on any atom is -0.346 e. The zero-order valence-electron chi connectivity index (χ0n) is 7.23. The molecule has 0 saturated heterocycles. The van der Waals surface area contributed by atoms with E-state index in [4.69, 9.17) is 9.79 Å². The second-order valence-corrected chi connectivity index (χ2v) is 4.46. The molecule has 6 heteroatoms. The Morgan fingerprint density at radius 3 is 2.33 bits per heavy atom. The molecule has 0 atom stereocenters. The minimum atomic E-state index is -3.89. The Kier molecular flexibility index (Phi) is 4.45. The molecule has 12 heavy (non-hydrogen) atoms. The van der Waals surface area contributed by atoms with Crippen LogP contribution in [0.3, 0.4) is 0 Å². The van der Waals surface area contributed by atoms with Crippen LogP contribution in [0.5, 0.6) is 0 Å². The van der Waals surface area contributed by atoms with Crippen LogP contribution in [-0.4, -0.2) is 40.3 Å². The third-order valence-corrected chi connectivity index (χ3v) is 2.38. The number of nitrogens with zero attached hydrogens (tertiary/aromatic N) is 1. The van der Waals surface area contributed by atoms with E-state index in [9.17, 15) is 9.36 Å². The highest BCUT2D eigenvalue weighted by Crippen LogP contribution is 2.34. The predicted octanol–water partition coefficient (Wildman–Crippen LogP) is 0.0325. The third kappa shape index (κ3) is 6.34. The molecule has 0 radical (unpaired) electrons. The lowest BCUT2D eigenvalue weighted by atomic mass is 10.4. The summed E-state index contributed by atoms with van der Waals surface area (Å²) in [5, 5.41) is 0. The van der Waals surface area contributed by atoms with Crippen molar-refractivity contribution in [3.63, 3.8) is 0 Å². The second kappa shape index (κ2) is 4.60. The molecular formula is C6H14NO4P. The van der Waals surface area contributed by atoms with Crippen LogP contribution < -0.4 is 0 Å². The van der Waals surface area contributed by atoms with Crippen molar-refractivity contribution in [3.8, 4) is 0 Å². The summed E-state index contributed by atoms with van der Waals surface area (Å²) >= 11 is 0. The van der Waals surface area contributed by atoms with E-state index in [1.165, 1.54) is 11.8 Å². The highest BCUT2D eigenvalue weighted by atomic mass is 31.2. The fourth-order valence-corrected chi connectivity index (χ4v) is 1.22. The van der Waals surface area contributed by atoms with Gasteiger partial charge >= 0.3 is 7.60 Å². The van der Waals surface area contributed by atoms with E-state index in [0.29, 0.717) is 13.0 Å². The van der Waals surface area contributed by atoms with Gasteiger partial charge in [-0.2, -0.15) is 0 Å². The standard InChI is InChI=1S/C6H14NO4P/c1-6(8)7(2)4-3-5-12(9,10)11/h3-5H2,1-2H3,(H2,9,10,11). The molecule has 0 unspecified atom stereocenters. The number of carbonyl (C=O) groups excluding carboxylic acids is 1. The van der Waals surface area contributed by atoms with Gasteiger partial charge in [-0.25, -0.2) is 0 Å². The Morgan fingerprint density at radius 2 is 2.00 bits per heavy atom. The maximum Gasteiger partial charge on any atom is 0.325 e. The summed E-state index contributed by atoms with van der Waals surface area (Å²) < 4.78 is 10.4. The minimum absolute atomic E-state index is 0.0966. The van der Waals surface area contributed by atoms with Gasteiger partial charge in [-0.3, -0.25) is 9.36 Å². The largest absolute Gasteiger partial charge is 0.346 e. The number of rotatable bonds is 4. The Balaban J connectivity index is 3.58. The van der Waals surface area contributed by atoms with E-state index in [1.54, 1.807) is 7.05 Å². The van der Waals surface area contributed by atoms with Crippen LogP contribution in [0.2, 0.25) is 0 Å². The maximum atomic E-state index is 10.6. The van der Waals surface area contributed by atoms with Gasteiger partial charge in [0.15, 0.2) is 0 Å². The highest BCUT2D eigenvalue weighted by molar-refractivity contribution is 7.51. The first-order valence-electron chi connectivity index (χ1n) is 3.59. The lowest BCUT2D eigenvalue weighted by Crippen LogP contribution is -2.25. The normalized spacial score (nSPS) is 11.3. The van der Waals surface area contributed by atoms with Crippen molar-refractivity contribution in [1.29, 1.82) is 0 Å². The van der Waals surface area contributed by atoms with Crippen LogP contribution in [0.25, 0.3) is 0 Å². The molecule has 0 aromatic heterocycles. The monoisotopic (exact) mass is 195 g/mol. The lowest BCUT2D eigenvalue weighted by Gasteiger charge is -2.14. The Bertz CT molecular complexity index is 200. The average molecular weight is 195 g/mol. The lowest BCUT2D eigenvalue weighted by molar-refractivity contribution is -0.127. The van der Waals surface area contributed by atoms with Gasteiger partial charge in [0, 0.05) is 20.5 Å². The van der Waals surface area contributed by atoms with Crippen LogP contribution >= 0.6 is 7.60 Å². The van der Waals surface area contributed by atoms with Crippen molar-refractivity contribution in [2.24, 2.45) is 0 Å². The average Bonchev–Trinajstić information content (AvgIpc) is 1.84. The first-order chi connectivity index (χ1) is 5.33. The summed E-state index contributed by atoms with van der Waals surface area (Å²) in [6, 6.07) is 0. The fraction of sp³-hybridized carbons (Fsp3) is 0.833. The molecule has 0 rings (SSSR count). The van der Waals surface area contributed by atoms with E-state index in [0.717, 1.165) is 0 Å². The SMILES string of the molecule is CC(=O)N(C)CCCP(=O)(O)O. The summed E-state index contributed by atoms with van der Waals surface area (Å²) in [5.41, 5.74) is 0. The molecule has 0 aliphatic carbocycles. The predicted molar refractivity (Wildman–Crippen MR) is 44.8 cm³/mol. The Labute approximate surface area is 71.5 Å². The first kappa shape index (κ1) is 11.6.